The maximum Gasteiger partial charge on any atom is 0.227 e. The summed E-state index contributed by atoms with van der Waals surface area (Å²) in [5.74, 6) is 0. The van der Waals surface area contributed by atoms with Crippen molar-refractivity contribution in [2.75, 3.05) is 12.8 Å². The van der Waals surface area contributed by atoms with Crippen molar-refractivity contribution < 1.29 is 4.58 Å². The molecule has 0 saturated heterocycles. The molecule has 0 aliphatic rings. The standard InChI is InChI=1S/C8H11N2/c1-10(2)8-6-4-3-5-7(8)9/h3-6H,1,9H2,2H3/q+1. The molecular formula is C8H11N2+. The van der Waals surface area contributed by atoms with Crippen molar-refractivity contribution in [3.8, 4) is 0 Å². The third kappa shape index (κ3) is 1.16. The van der Waals surface area contributed by atoms with Crippen LogP contribution in [-0.2, 0) is 0 Å². The minimum atomic E-state index is 0.764. The van der Waals surface area contributed by atoms with Gasteiger partial charge in [-0.25, -0.2) is 4.58 Å². The summed E-state index contributed by atoms with van der Waals surface area (Å²) >= 11 is 0. The van der Waals surface area contributed by atoms with Gasteiger partial charge in [-0.1, -0.05) is 12.1 Å². The van der Waals surface area contributed by atoms with Crippen LogP contribution in [0.5, 0.6) is 0 Å². The fraction of sp³-hybridized carbons (Fsp3) is 0.125. The van der Waals surface area contributed by atoms with Crippen molar-refractivity contribution in [1.82, 2.24) is 0 Å². The molecule has 0 fully saturated rings. The molecule has 0 saturated carbocycles. The van der Waals surface area contributed by atoms with Gasteiger partial charge in [-0.05, 0) is 6.07 Å². The predicted octanol–water partition coefficient (Wildman–Crippen LogP) is 1.24. The molecule has 1 aromatic carbocycles. The summed E-state index contributed by atoms with van der Waals surface area (Å²) in [6.07, 6.45) is 0. The molecule has 1 aromatic rings. The van der Waals surface area contributed by atoms with Crippen LogP contribution in [0, 0.1) is 0 Å². The van der Waals surface area contributed by atoms with Crippen LogP contribution < -0.4 is 5.73 Å². The Morgan fingerprint density at radius 3 is 2.40 bits per heavy atom. The molecule has 0 aliphatic carbocycles. The Labute approximate surface area is 60.6 Å². The number of benzene rings is 1. The highest BCUT2D eigenvalue weighted by atomic mass is 15.0. The molecule has 0 radical (unpaired) electrons. The zero-order chi connectivity index (χ0) is 7.56. The Kier molecular flexibility index (Phi) is 1.71. The molecule has 2 heteroatoms. The van der Waals surface area contributed by atoms with Gasteiger partial charge in [-0.15, -0.1) is 0 Å². The molecule has 10 heavy (non-hydrogen) atoms. The molecule has 1 rings (SSSR count). The zero-order valence-corrected chi connectivity index (χ0v) is 6.04. The lowest BCUT2D eigenvalue weighted by atomic mass is 10.3. The molecule has 0 spiro atoms. The molecule has 0 aromatic heterocycles. The largest absolute Gasteiger partial charge is 0.393 e. The van der Waals surface area contributed by atoms with E-state index in [2.05, 4.69) is 6.72 Å². The summed E-state index contributed by atoms with van der Waals surface area (Å²) < 4.78 is 1.75. The third-order valence-corrected chi connectivity index (χ3v) is 1.35. The number of nitrogens with zero attached hydrogens (tertiary/aromatic N) is 1. The SMILES string of the molecule is C=[N+](C)c1ccccc1N. The first kappa shape index (κ1) is 6.81. The molecule has 2 nitrogen and oxygen atoms in total. The van der Waals surface area contributed by atoms with Gasteiger partial charge in [0.2, 0.25) is 5.69 Å². The summed E-state index contributed by atoms with van der Waals surface area (Å²) in [6.45, 7) is 3.72. The van der Waals surface area contributed by atoms with E-state index in [0.29, 0.717) is 0 Å². The number of rotatable bonds is 1. The van der Waals surface area contributed by atoms with Crippen molar-refractivity contribution in [2.45, 2.75) is 0 Å². The Balaban J connectivity index is 3.15. The Hall–Kier alpha value is -1.31. The van der Waals surface area contributed by atoms with Crippen LogP contribution in [0.4, 0.5) is 11.4 Å². The van der Waals surface area contributed by atoms with Gasteiger partial charge >= 0.3 is 0 Å². The van der Waals surface area contributed by atoms with Gasteiger partial charge in [-0.2, -0.15) is 0 Å². The highest BCUT2D eigenvalue weighted by Gasteiger charge is 2.02. The van der Waals surface area contributed by atoms with Gasteiger partial charge in [0.25, 0.3) is 0 Å². The topological polar surface area (TPSA) is 29.0 Å². The van der Waals surface area contributed by atoms with Gasteiger partial charge in [0.1, 0.15) is 19.5 Å². The molecule has 2 N–H and O–H groups in total. The van der Waals surface area contributed by atoms with Crippen molar-refractivity contribution in [3.05, 3.63) is 24.3 Å². The number of hydrogen-bond donors (Lipinski definition) is 1. The lowest BCUT2D eigenvalue weighted by Gasteiger charge is -1.96. The van der Waals surface area contributed by atoms with Crippen LogP contribution in [0.25, 0.3) is 0 Å². The number of para-hydroxylation sites is 2. The first-order chi connectivity index (χ1) is 4.72. The second-order valence-electron chi connectivity index (χ2n) is 2.26. The maximum absolute atomic E-state index is 5.64. The summed E-state index contributed by atoms with van der Waals surface area (Å²) in [5, 5.41) is 0. The summed E-state index contributed by atoms with van der Waals surface area (Å²) in [4.78, 5) is 0. The normalized spacial score (nSPS) is 9.30. The van der Waals surface area contributed by atoms with Crippen LogP contribution in [0.2, 0.25) is 0 Å². The van der Waals surface area contributed by atoms with Gasteiger partial charge in [-0.3, -0.25) is 0 Å². The van der Waals surface area contributed by atoms with E-state index in [1.807, 2.05) is 31.3 Å². The maximum atomic E-state index is 5.64. The lowest BCUT2D eigenvalue weighted by Crippen LogP contribution is -1.96. The first-order valence-electron chi connectivity index (χ1n) is 3.10. The fourth-order valence-electron chi connectivity index (χ4n) is 0.835. The van der Waals surface area contributed by atoms with Gasteiger partial charge in [0.05, 0.1) is 0 Å². The van der Waals surface area contributed by atoms with E-state index in [4.69, 9.17) is 5.73 Å². The van der Waals surface area contributed by atoms with Crippen molar-refractivity contribution in [2.24, 2.45) is 0 Å². The highest BCUT2D eigenvalue weighted by molar-refractivity contribution is 5.58. The second kappa shape index (κ2) is 2.52. The van der Waals surface area contributed by atoms with E-state index >= 15 is 0 Å². The minimum absolute atomic E-state index is 0.764. The first-order valence-corrected chi connectivity index (χ1v) is 3.10. The van der Waals surface area contributed by atoms with E-state index in [0.717, 1.165) is 11.4 Å². The number of nitrogen functional groups attached to an aromatic ring is 1. The van der Waals surface area contributed by atoms with Gasteiger partial charge < -0.3 is 5.73 Å². The number of hydrogen-bond acceptors (Lipinski definition) is 1. The summed E-state index contributed by atoms with van der Waals surface area (Å²) in [6, 6.07) is 7.63. The molecule has 0 unspecified atom stereocenters. The monoisotopic (exact) mass is 135 g/mol. The molecule has 0 amide bonds. The van der Waals surface area contributed by atoms with E-state index in [-0.39, 0.29) is 0 Å². The summed E-state index contributed by atoms with van der Waals surface area (Å²) in [7, 11) is 1.87. The van der Waals surface area contributed by atoms with Crippen LogP contribution in [0.3, 0.4) is 0 Å². The second-order valence-corrected chi connectivity index (χ2v) is 2.26. The average Bonchev–Trinajstić information content (AvgIpc) is 1.88. The average molecular weight is 135 g/mol. The van der Waals surface area contributed by atoms with E-state index in [1.165, 1.54) is 0 Å². The van der Waals surface area contributed by atoms with Crippen LogP contribution >= 0.6 is 0 Å². The zero-order valence-electron chi connectivity index (χ0n) is 6.04. The van der Waals surface area contributed by atoms with Crippen molar-refractivity contribution in [1.29, 1.82) is 0 Å². The Morgan fingerprint density at radius 2 is 2.00 bits per heavy atom. The minimum Gasteiger partial charge on any atom is -0.393 e. The smallest absolute Gasteiger partial charge is 0.227 e. The number of nitrogens with two attached hydrogens (primary N) is 1. The van der Waals surface area contributed by atoms with Crippen molar-refractivity contribution in [3.63, 3.8) is 0 Å². The Bertz CT molecular complexity index is 253. The molecule has 0 atom stereocenters. The summed E-state index contributed by atoms with van der Waals surface area (Å²) in [5.41, 5.74) is 7.36. The van der Waals surface area contributed by atoms with E-state index in [1.54, 1.807) is 4.58 Å². The van der Waals surface area contributed by atoms with Gasteiger partial charge in [0.15, 0.2) is 0 Å². The number of anilines is 1. The lowest BCUT2D eigenvalue weighted by molar-refractivity contribution is -0.393. The quantitative estimate of drug-likeness (QED) is 0.350. The van der Waals surface area contributed by atoms with Gasteiger partial charge in [0, 0.05) is 6.07 Å². The molecule has 52 valence electrons. The third-order valence-electron chi connectivity index (χ3n) is 1.35. The van der Waals surface area contributed by atoms with E-state index in [9.17, 15) is 0 Å². The fourth-order valence-corrected chi connectivity index (χ4v) is 0.835. The molecule has 0 bridgehead atoms. The van der Waals surface area contributed by atoms with Crippen molar-refractivity contribution >= 4 is 18.1 Å². The molecule has 0 heterocycles. The molecular weight excluding hydrogens is 124 g/mol. The van der Waals surface area contributed by atoms with E-state index < -0.39 is 0 Å². The van der Waals surface area contributed by atoms with Crippen LogP contribution in [0.15, 0.2) is 24.3 Å². The molecule has 0 aliphatic heterocycles. The highest BCUT2D eigenvalue weighted by Crippen LogP contribution is 2.17. The van der Waals surface area contributed by atoms with Crippen LogP contribution in [-0.4, -0.2) is 18.3 Å². The Morgan fingerprint density at radius 1 is 1.40 bits per heavy atom. The van der Waals surface area contributed by atoms with Crippen LogP contribution in [0.1, 0.15) is 0 Å². The predicted molar refractivity (Wildman–Crippen MR) is 43.8 cm³/mol.